The Hall–Kier alpha value is -2.13. The van der Waals surface area contributed by atoms with Crippen molar-refractivity contribution in [3.05, 3.63) is 53.9 Å². The van der Waals surface area contributed by atoms with E-state index in [4.69, 9.17) is 4.74 Å². The molecule has 2 heterocycles. The molecule has 0 aliphatic carbocycles. The number of sulfonamides is 1. The number of morpholine rings is 1. The van der Waals surface area contributed by atoms with Crippen LogP contribution in [-0.4, -0.2) is 48.6 Å². The molecule has 1 aromatic heterocycles. The van der Waals surface area contributed by atoms with Crippen LogP contribution < -0.4 is 0 Å². The molecule has 0 amide bonds. The molecule has 0 radical (unpaired) electrons. The van der Waals surface area contributed by atoms with Crippen LogP contribution in [0.3, 0.4) is 0 Å². The highest BCUT2D eigenvalue weighted by Crippen LogP contribution is 2.26. The fourth-order valence-electron chi connectivity index (χ4n) is 2.88. The Bertz CT molecular complexity index is 964. The van der Waals surface area contributed by atoms with Crippen LogP contribution in [-0.2, 0) is 14.8 Å². The minimum absolute atomic E-state index is 0.313. The number of ether oxygens (including phenoxy) is 1. The minimum Gasteiger partial charge on any atom is -0.379 e. The molecule has 0 saturated carbocycles. The molecule has 3 aromatic rings. The molecule has 4 rings (SSSR count). The molecule has 1 aliphatic heterocycles. The molecular formula is C18H17N3O3S2. The highest BCUT2D eigenvalue weighted by atomic mass is 32.2. The summed E-state index contributed by atoms with van der Waals surface area (Å²) in [7, 11) is -3.46. The van der Waals surface area contributed by atoms with Crippen molar-refractivity contribution in [3.63, 3.8) is 0 Å². The first-order valence-electron chi connectivity index (χ1n) is 8.20. The van der Waals surface area contributed by atoms with Crippen molar-refractivity contribution in [2.75, 3.05) is 26.3 Å². The first-order valence-corrected chi connectivity index (χ1v) is 10.5. The molecule has 8 heteroatoms. The van der Waals surface area contributed by atoms with Gasteiger partial charge in [-0.2, -0.15) is 4.31 Å². The van der Waals surface area contributed by atoms with Crippen LogP contribution in [0, 0.1) is 0 Å². The normalized spacial score (nSPS) is 15.8. The summed E-state index contributed by atoms with van der Waals surface area (Å²) in [5.74, 6) is 0. The van der Waals surface area contributed by atoms with Gasteiger partial charge in [0.15, 0.2) is 0 Å². The molecule has 26 heavy (non-hydrogen) atoms. The predicted octanol–water partition coefficient (Wildman–Crippen LogP) is 2.89. The molecule has 0 spiro atoms. The molecule has 134 valence electrons. The smallest absolute Gasteiger partial charge is 0.243 e. The predicted molar refractivity (Wildman–Crippen MR) is 100 cm³/mol. The number of aromatic nitrogens is 2. The Morgan fingerprint density at radius 3 is 2.04 bits per heavy atom. The van der Waals surface area contributed by atoms with Gasteiger partial charge in [0.2, 0.25) is 10.0 Å². The van der Waals surface area contributed by atoms with E-state index in [0.29, 0.717) is 31.2 Å². The third kappa shape index (κ3) is 3.41. The number of nitrogens with zero attached hydrogens (tertiary/aromatic N) is 3. The van der Waals surface area contributed by atoms with Gasteiger partial charge >= 0.3 is 0 Å². The van der Waals surface area contributed by atoms with E-state index in [2.05, 4.69) is 9.59 Å². The second kappa shape index (κ2) is 7.24. The average molecular weight is 387 g/mol. The summed E-state index contributed by atoms with van der Waals surface area (Å²) in [6.45, 7) is 1.68. The van der Waals surface area contributed by atoms with Crippen molar-refractivity contribution in [2.24, 2.45) is 0 Å². The lowest BCUT2D eigenvalue weighted by Gasteiger charge is -2.26. The molecular weight excluding hydrogens is 370 g/mol. The second-order valence-corrected chi connectivity index (χ2v) is 8.46. The number of rotatable bonds is 4. The third-order valence-corrected chi connectivity index (χ3v) is 6.75. The molecule has 1 fully saturated rings. The van der Waals surface area contributed by atoms with Crippen LogP contribution in [0.5, 0.6) is 0 Å². The van der Waals surface area contributed by atoms with E-state index in [9.17, 15) is 8.42 Å². The number of hydrogen-bond donors (Lipinski definition) is 0. The lowest BCUT2D eigenvalue weighted by molar-refractivity contribution is 0.0730. The van der Waals surface area contributed by atoms with E-state index in [1.807, 2.05) is 41.8 Å². The van der Waals surface area contributed by atoms with Gasteiger partial charge in [-0.25, -0.2) is 8.42 Å². The highest BCUT2D eigenvalue weighted by Gasteiger charge is 2.26. The van der Waals surface area contributed by atoms with Crippen LogP contribution in [0.25, 0.3) is 22.4 Å². The molecule has 1 aliphatic rings. The molecule has 0 bridgehead atoms. The summed E-state index contributed by atoms with van der Waals surface area (Å²) in [5, 5.41) is 5.96. The standard InChI is InChI=1S/C18H17N3O3S2/c22-26(23,21-9-11-24-12-10-21)17-7-5-15(6-8-17)14-1-3-16(4-2-14)18-13-25-20-19-18/h1-8,13H,9-12H2. The average Bonchev–Trinajstić information content (AvgIpc) is 3.24. The Balaban J connectivity index is 1.56. The van der Waals surface area contributed by atoms with Crippen molar-refractivity contribution in [2.45, 2.75) is 4.90 Å². The van der Waals surface area contributed by atoms with E-state index in [1.54, 1.807) is 12.1 Å². The quantitative estimate of drug-likeness (QED) is 0.688. The van der Waals surface area contributed by atoms with Gasteiger partial charge in [-0.1, -0.05) is 40.9 Å². The van der Waals surface area contributed by atoms with Crippen molar-refractivity contribution in [1.82, 2.24) is 13.9 Å². The maximum atomic E-state index is 12.7. The van der Waals surface area contributed by atoms with Gasteiger partial charge < -0.3 is 4.74 Å². The maximum absolute atomic E-state index is 12.7. The Labute approximate surface area is 156 Å². The SMILES string of the molecule is O=S(=O)(c1ccc(-c2ccc(-c3csnn3)cc2)cc1)N1CCOCC1. The van der Waals surface area contributed by atoms with Crippen LogP contribution in [0.1, 0.15) is 0 Å². The molecule has 1 saturated heterocycles. The van der Waals surface area contributed by atoms with E-state index >= 15 is 0 Å². The lowest BCUT2D eigenvalue weighted by Crippen LogP contribution is -2.40. The van der Waals surface area contributed by atoms with Gasteiger partial charge in [0, 0.05) is 24.0 Å². The lowest BCUT2D eigenvalue weighted by atomic mass is 10.0. The summed E-state index contributed by atoms with van der Waals surface area (Å²) in [6, 6.07) is 15.0. The van der Waals surface area contributed by atoms with Crippen molar-refractivity contribution in [3.8, 4) is 22.4 Å². The fraction of sp³-hybridized carbons (Fsp3) is 0.222. The largest absolute Gasteiger partial charge is 0.379 e. The van der Waals surface area contributed by atoms with Crippen molar-refractivity contribution >= 4 is 21.6 Å². The monoisotopic (exact) mass is 387 g/mol. The first kappa shape index (κ1) is 17.3. The van der Waals surface area contributed by atoms with Gasteiger partial charge in [-0.05, 0) is 34.8 Å². The van der Waals surface area contributed by atoms with E-state index in [-0.39, 0.29) is 0 Å². The summed E-state index contributed by atoms with van der Waals surface area (Å²) in [4.78, 5) is 0.313. The zero-order valence-corrected chi connectivity index (χ0v) is 15.5. The van der Waals surface area contributed by atoms with E-state index in [1.165, 1.54) is 15.8 Å². The number of benzene rings is 2. The molecule has 6 nitrogen and oxygen atoms in total. The molecule has 2 aromatic carbocycles. The van der Waals surface area contributed by atoms with Gasteiger partial charge in [0.05, 0.1) is 18.1 Å². The van der Waals surface area contributed by atoms with Crippen LogP contribution in [0.15, 0.2) is 58.8 Å². The minimum atomic E-state index is -3.46. The maximum Gasteiger partial charge on any atom is 0.243 e. The summed E-state index contributed by atoms with van der Waals surface area (Å²) in [5.41, 5.74) is 3.85. The van der Waals surface area contributed by atoms with Gasteiger partial charge in [0.25, 0.3) is 0 Å². The van der Waals surface area contributed by atoms with Crippen LogP contribution in [0.4, 0.5) is 0 Å². The molecule has 0 atom stereocenters. The Morgan fingerprint density at radius 1 is 0.885 bits per heavy atom. The molecule has 0 N–H and O–H groups in total. The van der Waals surface area contributed by atoms with E-state index < -0.39 is 10.0 Å². The fourth-order valence-corrected chi connectivity index (χ4v) is 4.75. The van der Waals surface area contributed by atoms with E-state index in [0.717, 1.165) is 22.4 Å². The van der Waals surface area contributed by atoms with Crippen molar-refractivity contribution < 1.29 is 13.2 Å². The van der Waals surface area contributed by atoms with Gasteiger partial charge in [-0.3, -0.25) is 0 Å². The summed E-state index contributed by atoms with van der Waals surface area (Å²) >= 11 is 1.32. The Kier molecular flexibility index (Phi) is 4.82. The Morgan fingerprint density at radius 2 is 1.46 bits per heavy atom. The summed E-state index contributed by atoms with van der Waals surface area (Å²) < 4.78 is 35.9. The summed E-state index contributed by atoms with van der Waals surface area (Å²) in [6.07, 6.45) is 0. The highest BCUT2D eigenvalue weighted by molar-refractivity contribution is 7.89. The van der Waals surface area contributed by atoms with Crippen molar-refractivity contribution in [1.29, 1.82) is 0 Å². The van der Waals surface area contributed by atoms with Gasteiger partial charge in [0.1, 0.15) is 5.69 Å². The zero-order chi connectivity index (χ0) is 18.0. The second-order valence-electron chi connectivity index (χ2n) is 5.91. The number of hydrogen-bond acceptors (Lipinski definition) is 6. The first-order chi connectivity index (χ1) is 12.6. The van der Waals surface area contributed by atoms with Crippen LogP contribution >= 0.6 is 11.5 Å². The van der Waals surface area contributed by atoms with Crippen LogP contribution in [0.2, 0.25) is 0 Å². The third-order valence-electron chi connectivity index (χ3n) is 4.34. The topological polar surface area (TPSA) is 72.4 Å². The zero-order valence-electron chi connectivity index (χ0n) is 13.9. The van der Waals surface area contributed by atoms with Gasteiger partial charge in [-0.15, -0.1) is 5.10 Å². The molecule has 0 unspecified atom stereocenters.